The van der Waals surface area contributed by atoms with E-state index in [1.807, 2.05) is 13.0 Å². The number of halogens is 1. The Morgan fingerprint density at radius 3 is 2.83 bits per heavy atom. The summed E-state index contributed by atoms with van der Waals surface area (Å²) in [6.07, 6.45) is 3.88. The molecule has 0 atom stereocenters. The summed E-state index contributed by atoms with van der Waals surface area (Å²) in [5, 5.41) is 3.18. The highest BCUT2D eigenvalue weighted by Crippen LogP contribution is 2.19. The van der Waals surface area contributed by atoms with Gasteiger partial charge in [0.05, 0.1) is 5.75 Å². The van der Waals surface area contributed by atoms with E-state index in [1.165, 1.54) is 0 Å². The van der Waals surface area contributed by atoms with Gasteiger partial charge in [-0.1, -0.05) is 0 Å². The van der Waals surface area contributed by atoms with Crippen molar-refractivity contribution in [3.63, 3.8) is 0 Å². The Kier molecular flexibility index (Phi) is 4.24. The molecule has 100 valence electrons. The van der Waals surface area contributed by atoms with Gasteiger partial charge in [-0.2, -0.15) is 0 Å². The first-order valence-electron chi connectivity index (χ1n) is 5.82. The summed E-state index contributed by atoms with van der Waals surface area (Å²) < 4.78 is 27.0. The van der Waals surface area contributed by atoms with Gasteiger partial charge in [-0.05, 0) is 47.3 Å². The minimum Gasteiger partial charge on any atom is -0.313 e. The molecule has 1 aliphatic rings. The van der Waals surface area contributed by atoms with Gasteiger partial charge in [0.2, 0.25) is 10.0 Å². The van der Waals surface area contributed by atoms with E-state index in [9.17, 15) is 8.42 Å². The molecule has 1 aliphatic carbocycles. The normalized spacial score (nSPS) is 15.7. The fourth-order valence-corrected chi connectivity index (χ4v) is 2.97. The lowest BCUT2D eigenvalue weighted by atomic mass is 10.3. The molecule has 0 bridgehead atoms. The first-order chi connectivity index (χ1) is 8.46. The van der Waals surface area contributed by atoms with Crippen LogP contribution in [0.1, 0.15) is 18.4 Å². The molecule has 18 heavy (non-hydrogen) atoms. The second-order valence-electron chi connectivity index (χ2n) is 4.47. The van der Waals surface area contributed by atoms with E-state index in [0.717, 1.165) is 22.9 Å². The molecular weight excluding hydrogens is 318 g/mol. The highest BCUT2D eigenvalue weighted by atomic mass is 79.9. The number of anilines is 1. The minimum absolute atomic E-state index is 0.0701. The zero-order valence-corrected chi connectivity index (χ0v) is 12.5. The smallest absolute Gasteiger partial charge is 0.235 e. The molecule has 2 N–H and O–H groups in total. The number of rotatable bonds is 6. The molecule has 0 unspecified atom stereocenters. The van der Waals surface area contributed by atoms with Crippen LogP contribution >= 0.6 is 15.9 Å². The number of nitrogens with zero attached hydrogens (tertiary/aromatic N) is 1. The Hall–Kier alpha value is -0.660. The van der Waals surface area contributed by atoms with Crippen molar-refractivity contribution in [1.82, 2.24) is 10.3 Å². The van der Waals surface area contributed by atoms with Crippen LogP contribution in [0.3, 0.4) is 0 Å². The van der Waals surface area contributed by atoms with Crippen molar-refractivity contribution in [2.45, 2.75) is 25.8 Å². The Morgan fingerprint density at radius 2 is 2.22 bits per heavy atom. The fourth-order valence-electron chi connectivity index (χ4n) is 1.53. The number of sulfonamides is 1. The first kappa shape index (κ1) is 13.8. The average molecular weight is 334 g/mol. The molecule has 0 aromatic carbocycles. The van der Waals surface area contributed by atoms with Gasteiger partial charge in [-0.15, -0.1) is 0 Å². The molecule has 7 heteroatoms. The number of nitrogens with one attached hydrogen (secondary N) is 2. The molecular formula is C11H16BrN3O2S. The molecule has 1 fully saturated rings. The summed E-state index contributed by atoms with van der Waals surface area (Å²) in [6.45, 7) is 2.30. The van der Waals surface area contributed by atoms with Crippen LogP contribution in [-0.4, -0.2) is 31.7 Å². The van der Waals surface area contributed by atoms with Crippen molar-refractivity contribution in [3.05, 3.63) is 22.3 Å². The summed E-state index contributed by atoms with van der Waals surface area (Å²) in [6, 6.07) is 2.35. The van der Waals surface area contributed by atoms with Crippen LogP contribution in [0.4, 0.5) is 5.82 Å². The molecule has 0 spiro atoms. The molecule has 5 nitrogen and oxygen atoms in total. The summed E-state index contributed by atoms with van der Waals surface area (Å²) in [5.41, 5.74) is 0.795. The summed E-state index contributed by atoms with van der Waals surface area (Å²) >= 11 is 3.29. The average Bonchev–Trinajstić information content (AvgIpc) is 3.06. The van der Waals surface area contributed by atoms with E-state index < -0.39 is 10.0 Å². The number of hydrogen-bond donors (Lipinski definition) is 2. The zero-order valence-electron chi connectivity index (χ0n) is 10.1. The van der Waals surface area contributed by atoms with Crippen LogP contribution in [0, 0.1) is 6.92 Å². The third kappa shape index (κ3) is 4.22. The number of hydrogen-bond acceptors (Lipinski definition) is 4. The highest BCUT2D eigenvalue weighted by molar-refractivity contribution is 9.10. The predicted molar refractivity (Wildman–Crippen MR) is 75.1 cm³/mol. The molecule has 1 heterocycles. The third-order valence-corrected chi connectivity index (χ3v) is 4.36. The van der Waals surface area contributed by atoms with Crippen LogP contribution in [0.5, 0.6) is 0 Å². The summed E-state index contributed by atoms with van der Waals surface area (Å²) in [7, 11) is -3.33. The maximum atomic E-state index is 11.8. The second-order valence-corrected chi connectivity index (χ2v) is 7.23. The van der Waals surface area contributed by atoms with E-state index in [-0.39, 0.29) is 5.75 Å². The minimum atomic E-state index is -3.33. The van der Waals surface area contributed by atoms with Crippen LogP contribution in [0.2, 0.25) is 0 Å². The molecule has 1 saturated carbocycles. The molecule has 2 rings (SSSR count). The van der Waals surface area contributed by atoms with Crippen molar-refractivity contribution in [2.75, 3.05) is 17.0 Å². The fraction of sp³-hybridized carbons (Fsp3) is 0.545. The standard InChI is InChI=1S/C11H16BrN3O2S/c1-8-6-9(12)7-14-11(8)15-18(16,17)5-4-13-10-2-3-10/h6-7,10,13H,2-5H2,1H3,(H,14,15). The maximum absolute atomic E-state index is 11.8. The van der Waals surface area contributed by atoms with Gasteiger partial charge in [-0.25, -0.2) is 13.4 Å². The summed E-state index contributed by atoms with van der Waals surface area (Å²) in [5.74, 6) is 0.463. The highest BCUT2D eigenvalue weighted by Gasteiger charge is 2.21. The predicted octanol–water partition coefficient (Wildman–Crippen LogP) is 1.65. The lowest BCUT2D eigenvalue weighted by Gasteiger charge is -2.10. The van der Waals surface area contributed by atoms with E-state index >= 15 is 0 Å². The molecule has 0 amide bonds. The second kappa shape index (κ2) is 5.54. The quantitative estimate of drug-likeness (QED) is 0.830. The van der Waals surface area contributed by atoms with Gasteiger partial charge in [-0.3, -0.25) is 4.72 Å². The molecule has 1 aromatic heterocycles. The van der Waals surface area contributed by atoms with Gasteiger partial charge in [0.15, 0.2) is 0 Å². The largest absolute Gasteiger partial charge is 0.313 e. The van der Waals surface area contributed by atoms with E-state index in [2.05, 4.69) is 31.0 Å². The van der Waals surface area contributed by atoms with Crippen molar-refractivity contribution in [1.29, 1.82) is 0 Å². The lowest BCUT2D eigenvalue weighted by molar-refractivity contribution is 0.595. The monoisotopic (exact) mass is 333 g/mol. The van der Waals surface area contributed by atoms with Crippen molar-refractivity contribution < 1.29 is 8.42 Å². The Morgan fingerprint density at radius 1 is 1.50 bits per heavy atom. The number of aryl methyl sites for hydroxylation is 1. The number of pyridine rings is 1. The zero-order chi connectivity index (χ0) is 13.2. The van der Waals surface area contributed by atoms with Crippen molar-refractivity contribution >= 4 is 31.8 Å². The lowest BCUT2D eigenvalue weighted by Crippen LogP contribution is -2.28. The van der Waals surface area contributed by atoms with Crippen molar-refractivity contribution in [3.8, 4) is 0 Å². The molecule has 1 aromatic rings. The maximum Gasteiger partial charge on any atom is 0.235 e. The Balaban J connectivity index is 1.93. The van der Waals surface area contributed by atoms with Gasteiger partial charge in [0.25, 0.3) is 0 Å². The summed E-state index contributed by atoms with van der Waals surface area (Å²) in [4.78, 5) is 4.06. The van der Waals surface area contributed by atoms with E-state index in [0.29, 0.717) is 18.4 Å². The van der Waals surface area contributed by atoms with Crippen LogP contribution in [0.15, 0.2) is 16.7 Å². The first-order valence-corrected chi connectivity index (χ1v) is 8.27. The topological polar surface area (TPSA) is 71.1 Å². The van der Waals surface area contributed by atoms with Crippen LogP contribution < -0.4 is 10.0 Å². The Labute approximate surface area is 116 Å². The Bertz CT molecular complexity index is 529. The van der Waals surface area contributed by atoms with Crippen LogP contribution in [0.25, 0.3) is 0 Å². The van der Waals surface area contributed by atoms with Gasteiger partial charge in [0.1, 0.15) is 5.82 Å². The van der Waals surface area contributed by atoms with E-state index in [4.69, 9.17) is 0 Å². The SMILES string of the molecule is Cc1cc(Br)cnc1NS(=O)(=O)CCNC1CC1. The molecule has 0 radical (unpaired) electrons. The number of aromatic nitrogens is 1. The van der Waals surface area contributed by atoms with Gasteiger partial charge < -0.3 is 5.32 Å². The van der Waals surface area contributed by atoms with Crippen molar-refractivity contribution in [2.24, 2.45) is 0 Å². The van der Waals surface area contributed by atoms with Crippen LogP contribution in [-0.2, 0) is 10.0 Å². The molecule has 0 saturated heterocycles. The van der Waals surface area contributed by atoms with Gasteiger partial charge in [0, 0.05) is 23.3 Å². The molecule has 0 aliphatic heterocycles. The van der Waals surface area contributed by atoms with E-state index in [1.54, 1.807) is 6.20 Å². The van der Waals surface area contributed by atoms with Gasteiger partial charge >= 0.3 is 0 Å². The third-order valence-electron chi connectivity index (χ3n) is 2.68.